The van der Waals surface area contributed by atoms with Crippen molar-refractivity contribution in [1.82, 2.24) is 15.2 Å². The molecule has 0 bridgehead atoms. The number of aromatic nitrogens is 1. The number of nitrogens with zero attached hydrogens (tertiary/aromatic N) is 2. The maximum absolute atomic E-state index is 11.0. The average molecular weight is 318 g/mol. The lowest BCUT2D eigenvalue weighted by atomic mass is 10.1. The normalized spacial score (nSPS) is 18.3. The lowest BCUT2D eigenvalue weighted by molar-refractivity contribution is 0.128. The number of benzene rings is 1. The molecule has 1 atom stereocenters. The highest BCUT2D eigenvalue weighted by Crippen LogP contribution is 2.20. The van der Waals surface area contributed by atoms with E-state index in [1.165, 1.54) is 4.90 Å². The number of anilines is 1. The molecule has 7 nitrogen and oxygen atoms in total. The van der Waals surface area contributed by atoms with Crippen molar-refractivity contribution in [3.05, 3.63) is 24.1 Å². The molecule has 0 saturated carbocycles. The maximum atomic E-state index is 11.0. The lowest BCUT2D eigenvalue weighted by Crippen LogP contribution is -2.52. The van der Waals surface area contributed by atoms with E-state index in [4.69, 9.17) is 9.52 Å². The van der Waals surface area contributed by atoms with Crippen LogP contribution in [0.25, 0.3) is 11.1 Å². The van der Waals surface area contributed by atoms with Gasteiger partial charge in [0, 0.05) is 44.3 Å². The zero-order valence-electron chi connectivity index (χ0n) is 13.2. The van der Waals surface area contributed by atoms with Crippen molar-refractivity contribution in [2.24, 2.45) is 0 Å². The van der Waals surface area contributed by atoms with Crippen molar-refractivity contribution in [2.45, 2.75) is 25.8 Å². The van der Waals surface area contributed by atoms with Crippen LogP contribution in [0.5, 0.6) is 0 Å². The maximum Gasteiger partial charge on any atom is 0.407 e. The van der Waals surface area contributed by atoms with Crippen molar-refractivity contribution < 1.29 is 14.3 Å². The molecule has 1 aliphatic rings. The Hall–Kier alpha value is -2.28. The quantitative estimate of drug-likeness (QED) is 0.782. The van der Waals surface area contributed by atoms with Crippen LogP contribution in [0, 0.1) is 0 Å². The number of aryl methyl sites for hydroxylation is 1. The van der Waals surface area contributed by atoms with Crippen LogP contribution in [-0.2, 0) is 6.42 Å². The molecule has 23 heavy (non-hydrogen) atoms. The van der Waals surface area contributed by atoms with E-state index in [0.29, 0.717) is 19.6 Å². The first kappa shape index (κ1) is 15.6. The minimum atomic E-state index is -0.840. The molecular formula is C16H22N4O3. The van der Waals surface area contributed by atoms with E-state index in [1.54, 1.807) is 0 Å². The fourth-order valence-corrected chi connectivity index (χ4v) is 2.82. The third-order valence-corrected chi connectivity index (χ3v) is 4.08. The molecule has 1 amide bonds. The lowest BCUT2D eigenvalue weighted by Gasteiger charge is -2.31. The largest absolute Gasteiger partial charge is 0.465 e. The molecule has 3 rings (SSSR count). The van der Waals surface area contributed by atoms with Gasteiger partial charge in [0.2, 0.25) is 0 Å². The Balaban J connectivity index is 1.53. The molecule has 2 heterocycles. The molecule has 1 fully saturated rings. The number of nitrogens with one attached hydrogen (secondary N) is 2. The molecule has 0 aliphatic carbocycles. The zero-order chi connectivity index (χ0) is 16.2. The third kappa shape index (κ3) is 3.73. The fraction of sp³-hybridized carbons (Fsp3) is 0.500. The Labute approximate surface area is 134 Å². The summed E-state index contributed by atoms with van der Waals surface area (Å²) in [5, 5.41) is 15.8. The van der Waals surface area contributed by atoms with Gasteiger partial charge in [0.05, 0.1) is 0 Å². The van der Waals surface area contributed by atoms with E-state index in [2.05, 4.69) is 15.6 Å². The summed E-state index contributed by atoms with van der Waals surface area (Å²) in [6.45, 7) is 4.60. The molecule has 0 radical (unpaired) electrons. The number of oxazole rings is 1. The van der Waals surface area contributed by atoms with Crippen molar-refractivity contribution >= 4 is 22.9 Å². The van der Waals surface area contributed by atoms with E-state index in [-0.39, 0.29) is 6.04 Å². The second-order valence-corrected chi connectivity index (χ2v) is 5.74. The first-order chi connectivity index (χ1) is 11.2. The van der Waals surface area contributed by atoms with E-state index in [0.717, 1.165) is 42.1 Å². The predicted molar refractivity (Wildman–Crippen MR) is 87.9 cm³/mol. The second-order valence-electron chi connectivity index (χ2n) is 5.74. The van der Waals surface area contributed by atoms with E-state index < -0.39 is 6.09 Å². The molecule has 124 valence electrons. The van der Waals surface area contributed by atoms with Crippen LogP contribution in [0.15, 0.2) is 22.6 Å². The summed E-state index contributed by atoms with van der Waals surface area (Å²) in [5.41, 5.74) is 2.66. The summed E-state index contributed by atoms with van der Waals surface area (Å²) >= 11 is 0. The zero-order valence-corrected chi connectivity index (χ0v) is 13.2. The number of rotatable bonds is 5. The third-order valence-electron chi connectivity index (χ3n) is 4.08. The van der Waals surface area contributed by atoms with Crippen molar-refractivity contribution in [3.8, 4) is 0 Å². The molecule has 3 N–H and O–H groups in total. The minimum absolute atomic E-state index is 0.190. The highest BCUT2D eigenvalue weighted by atomic mass is 16.4. The van der Waals surface area contributed by atoms with Gasteiger partial charge in [-0.15, -0.1) is 0 Å². The van der Waals surface area contributed by atoms with Gasteiger partial charge in [-0.25, -0.2) is 9.78 Å². The highest BCUT2D eigenvalue weighted by molar-refractivity contribution is 5.77. The SMILES string of the molecule is CCc1nc2cc(NCC[C@@H]3CN(C(=O)O)CCN3)ccc2o1. The number of hydrogen-bond acceptors (Lipinski definition) is 5. The summed E-state index contributed by atoms with van der Waals surface area (Å²) in [6.07, 6.45) is 0.804. The molecule has 1 saturated heterocycles. The highest BCUT2D eigenvalue weighted by Gasteiger charge is 2.22. The molecule has 1 aromatic heterocycles. The number of amides is 1. The Bertz CT molecular complexity index is 685. The first-order valence-corrected chi connectivity index (χ1v) is 8.00. The average Bonchev–Trinajstić information content (AvgIpc) is 2.97. The van der Waals surface area contributed by atoms with Gasteiger partial charge in [0.1, 0.15) is 5.52 Å². The van der Waals surface area contributed by atoms with Gasteiger partial charge < -0.3 is 25.1 Å². The molecule has 7 heteroatoms. The van der Waals surface area contributed by atoms with Gasteiger partial charge in [0.25, 0.3) is 0 Å². The van der Waals surface area contributed by atoms with Gasteiger partial charge in [0.15, 0.2) is 11.5 Å². The Morgan fingerprint density at radius 3 is 3.22 bits per heavy atom. The molecule has 0 spiro atoms. The van der Waals surface area contributed by atoms with Gasteiger partial charge in [-0.3, -0.25) is 0 Å². The van der Waals surface area contributed by atoms with Crippen molar-refractivity contribution in [3.63, 3.8) is 0 Å². The Kier molecular flexibility index (Phi) is 4.66. The number of hydrogen-bond donors (Lipinski definition) is 3. The van der Waals surface area contributed by atoms with Crippen molar-refractivity contribution in [2.75, 3.05) is 31.5 Å². The predicted octanol–water partition coefficient (Wildman–Crippen LogP) is 2.14. The fourth-order valence-electron chi connectivity index (χ4n) is 2.82. The van der Waals surface area contributed by atoms with E-state index in [9.17, 15) is 4.79 Å². The van der Waals surface area contributed by atoms with Gasteiger partial charge in [-0.1, -0.05) is 6.92 Å². The Morgan fingerprint density at radius 2 is 2.43 bits per heavy atom. The summed E-state index contributed by atoms with van der Waals surface area (Å²) < 4.78 is 5.60. The van der Waals surface area contributed by atoms with Crippen molar-refractivity contribution in [1.29, 1.82) is 0 Å². The molecule has 1 aromatic carbocycles. The molecule has 2 aromatic rings. The van der Waals surface area contributed by atoms with Crippen LogP contribution >= 0.6 is 0 Å². The summed E-state index contributed by atoms with van der Waals surface area (Å²) in [7, 11) is 0. The molecular weight excluding hydrogens is 296 g/mol. The van der Waals surface area contributed by atoms with Gasteiger partial charge >= 0.3 is 6.09 Å². The number of fused-ring (bicyclic) bond motifs is 1. The van der Waals surface area contributed by atoms with Crippen LogP contribution in [-0.4, -0.2) is 53.3 Å². The summed E-state index contributed by atoms with van der Waals surface area (Å²) in [6, 6.07) is 6.07. The van der Waals surface area contributed by atoms with Crippen LogP contribution in [0.1, 0.15) is 19.2 Å². The number of carbonyl (C=O) groups is 1. The summed E-state index contributed by atoms with van der Waals surface area (Å²) in [5.74, 6) is 0.748. The summed E-state index contributed by atoms with van der Waals surface area (Å²) in [4.78, 5) is 16.9. The van der Waals surface area contributed by atoms with Crippen LogP contribution in [0.3, 0.4) is 0 Å². The smallest absolute Gasteiger partial charge is 0.407 e. The van der Waals surface area contributed by atoms with Gasteiger partial charge in [-0.2, -0.15) is 0 Å². The van der Waals surface area contributed by atoms with Gasteiger partial charge in [-0.05, 0) is 24.6 Å². The Morgan fingerprint density at radius 1 is 1.57 bits per heavy atom. The molecule has 1 aliphatic heterocycles. The standard InChI is InChI=1S/C16H22N4O3/c1-2-15-19-13-9-11(3-4-14(13)23-15)17-6-5-12-10-20(16(21)22)8-7-18-12/h3-4,9,12,17-18H,2,5-8,10H2,1H3,(H,21,22)/t12-/m1/s1. The topological polar surface area (TPSA) is 90.6 Å². The van der Waals surface area contributed by atoms with Crippen LogP contribution in [0.4, 0.5) is 10.5 Å². The number of carboxylic acid groups (broad SMARTS) is 1. The minimum Gasteiger partial charge on any atom is -0.465 e. The van der Waals surface area contributed by atoms with Crippen LogP contribution in [0.2, 0.25) is 0 Å². The number of piperazine rings is 1. The monoisotopic (exact) mass is 318 g/mol. The second kappa shape index (κ2) is 6.87. The van der Waals surface area contributed by atoms with Crippen LogP contribution < -0.4 is 10.6 Å². The van der Waals surface area contributed by atoms with E-state index in [1.807, 2.05) is 25.1 Å². The molecule has 0 unspecified atom stereocenters. The first-order valence-electron chi connectivity index (χ1n) is 8.00. The van der Waals surface area contributed by atoms with E-state index >= 15 is 0 Å².